The van der Waals surface area contributed by atoms with Crippen LogP contribution in [0.5, 0.6) is 0 Å². The van der Waals surface area contributed by atoms with Gasteiger partial charge in [-0.15, -0.1) is 6.42 Å². The standard InChI is InChI=1S/C5H5.5CH3.Pd/c1-2-4-5-3-1;;;;;;/h1-3H,4H2;5*1H3;/q6*-1;. The Hall–Kier alpha value is 0.142. The minimum atomic E-state index is 0. The quantitative estimate of drug-likeness (QED) is 0.453. The fourth-order valence-electron chi connectivity index (χ4n) is 0.340. The van der Waals surface area contributed by atoms with Gasteiger partial charge in [-0.05, 0) is 0 Å². The van der Waals surface area contributed by atoms with Crippen LogP contribution in [0.2, 0.25) is 0 Å². The molecular formula is C10H20Pd-6. The van der Waals surface area contributed by atoms with Gasteiger partial charge < -0.3 is 37.1 Å². The first-order valence-electron chi connectivity index (χ1n) is 1.72. The zero-order valence-electron chi connectivity index (χ0n) is 8.26. The van der Waals surface area contributed by atoms with Crippen LogP contribution in [-0.4, -0.2) is 0 Å². The van der Waals surface area contributed by atoms with E-state index in [1.165, 1.54) is 0 Å². The number of allylic oxidation sites excluding steroid dienone is 4. The molecule has 0 aliphatic heterocycles. The fraction of sp³-hybridized carbons (Fsp3) is 0.100. The van der Waals surface area contributed by atoms with Gasteiger partial charge in [0.1, 0.15) is 0 Å². The van der Waals surface area contributed by atoms with E-state index in [1.54, 1.807) is 0 Å². The van der Waals surface area contributed by atoms with Crippen LogP contribution in [0.4, 0.5) is 0 Å². The van der Waals surface area contributed by atoms with Crippen LogP contribution in [-0.2, 0) is 20.4 Å². The maximum atomic E-state index is 2.99. The molecule has 0 saturated carbocycles. The van der Waals surface area contributed by atoms with Crippen molar-refractivity contribution in [3.63, 3.8) is 0 Å². The van der Waals surface area contributed by atoms with Gasteiger partial charge in [-0.2, -0.15) is 6.08 Å². The van der Waals surface area contributed by atoms with Gasteiger partial charge in [0, 0.05) is 20.4 Å². The van der Waals surface area contributed by atoms with Crippen molar-refractivity contribution in [2.45, 2.75) is 6.42 Å². The van der Waals surface area contributed by atoms with Crippen molar-refractivity contribution in [2.24, 2.45) is 0 Å². The maximum absolute atomic E-state index is 2.99. The Kier molecular flexibility index (Phi) is 126. The number of rotatable bonds is 0. The summed E-state index contributed by atoms with van der Waals surface area (Å²) >= 11 is 0. The summed E-state index contributed by atoms with van der Waals surface area (Å²) in [5.74, 6) is 0. The van der Waals surface area contributed by atoms with Crippen molar-refractivity contribution in [3.8, 4) is 0 Å². The molecule has 0 atom stereocenters. The van der Waals surface area contributed by atoms with E-state index < -0.39 is 0 Å². The van der Waals surface area contributed by atoms with Crippen molar-refractivity contribution >= 4 is 0 Å². The molecule has 0 unspecified atom stereocenters. The molecule has 11 heavy (non-hydrogen) atoms. The molecule has 0 amide bonds. The normalized spacial score (nSPS) is 8.00. The van der Waals surface area contributed by atoms with E-state index in [4.69, 9.17) is 0 Å². The van der Waals surface area contributed by atoms with Crippen LogP contribution >= 0.6 is 0 Å². The van der Waals surface area contributed by atoms with Crippen molar-refractivity contribution < 1.29 is 20.4 Å². The minimum Gasteiger partial charge on any atom is -0.358 e. The van der Waals surface area contributed by atoms with Crippen LogP contribution in [0, 0.1) is 43.2 Å². The van der Waals surface area contributed by atoms with E-state index in [2.05, 4.69) is 12.2 Å². The number of hydrogen-bond donors (Lipinski definition) is 0. The predicted octanol–water partition coefficient (Wildman–Crippen LogP) is 3.55. The van der Waals surface area contributed by atoms with Crippen molar-refractivity contribution in [1.82, 2.24) is 0 Å². The van der Waals surface area contributed by atoms with Gasteiger partial charge >= 0.3 is 0 Å². The summed E-state index contributed by atoms with van der Waals surface area (Å²) in [6.07, 6.45) is 10.0. The molecule has 0 aromatic carbocycles. The smallest absolute Gasteiger partial charge is 0 e. The largest absolute Gasteiger partial charge is 0.358 e. The van der Waals surface area contributed by atoms with E-state index in [0.29, 0.717) is 0 Å². The summed E-state index contributed by atoms with van der Waals surface area (Å²) in [5, 5.41) is 0. The Morgan fingerprint density at radius 3 is 1.45 bits per heavy atom. The Bertz CT molecular complexity index is 62.9. The van der Waals surface area contributed by atoms with Crippen molar-refractivity contribution in [2.75, 3.05) is 0 Å². The second kappa shape index (κ2) is 32.1. The molecule has 0 fully saturated rings. The second-order valence-corrected chi connectivity index (χ2v) is 1.00. The molecule has 1 heteroatoms. The molecule has 0 radical (unpaired) electrons. The topological polar surface area (TPSA) is 0 Å². The molecule has 0 heterocycles. The van der Waals surface area contributed by atoms with Gasteiger partial charge in [-0.1, -0.05) is 0 Å². The maximum Gasteiger partial charge on any atom is 0 e. The summed E-state index contributed by atoms with van der Waals surface area (Å²) in [4.78, 5) is 0. The summed E-state index contributed by atoms with van der Waals surface area (Å²) in [7, 11) is 0. The van der Waals surface area contributed by atoms with E-state index in [-0.39, 0.29) is 57.6 Å². The van der Waals surface area contributed by atoms with Gasteiger partial charge in [0.2, 0.25) is 0 Å². The molecular weight excluding hydrogens is 227 g/mol. The van der Waals surface area contributed by atoms with Gasteiger partial charge in [-0.3, -0.25) is 6.08 Å². The molecule has 1 aliphatic rings. The molecule has 1 aliphatic carbocycles. The summed E-state index contributed by atoms with van der Waals surface area (Å²) in [5.41, 5.74) is 0. The third-order valence-electron chi connectivity index (χ3n) is 0.586. The summed E-state index contributed by atoms with van der Waals surface area (Å²) in [6, 6.07) is 0. The Morgan fingerprint density at radius 2 is 1.36 bits per heavy atom. The van der Waals surface area contributed by atoms with Gasteiger partial charge in [-0.25, -0.2) is 12.2 Å². The zero-order valence-corrected chi connectivity index (χ0v) is 9.81. The van der Waals surface area contributed by atoms with E-state index in [0.717, 1.165) is 6.42 Å². The second-order valence-electron chi connectivity index (χ2n) is 1.00. The third-order valence-corrected chi connectivity index (χ3v) is 0.586. The fourth-order valence-corrected chi connectivity index (χ4v) is 0.340. The molecule has 0 aromatic rings. The predicted molar refractivity (Wildman–Crippen MR) is 53.6 cm³/mol. The Labute approximate surface area is 88.4 Å². The SMILES string of the molecule is [C-]1=CC=CC1.[CH3-].[CH3-].[CH3-].[CH3-].[CH3-].[Pd]. The Morgan fingerprint density at radius 1 is 0.909 bits per heavy atom. The average molecular weight is 247 g/mol. The average Bonchev–Trinajstić information content (AvgIpc) is 1.76. The first-order valence-corrected chi connectivity index (χ1v) is 1.72. The molecule has 0 N–H and O–H groups in total. The first-order chi connectivity index (χ1) is 2.50. The molecule has 0 aromatic heterocycles. The van der Waals surface area contributed by atoms with E-state index in [9.17, 15) is 0 Å². The zero-order chi connectivity index (χ0) is 3.54. The van der Waals surface area contributed by atoms with Crippen LogP contribution in [0.15, 0.2) is 18.2 Å². The third kappa shape index (κ3) is 25.4. The molecule has 0 bridgehead atoms. The molecule has 1 rings (SSSR count). The van der Waals surface area contributed by atoms with Crippen LogP contribution in [0.25, 0.3) is 0 Å². The number of hydrogen-bond acceptors (Lipinski definition) is 0. The van der Waals surface area contributed by atoms with Gasteiger partial charge in [0.25, 0.3) is 0 Å². The molecule has 76 valence electrons. The van der Waals surface area contributed by atoms with Gasteiger partial charge in [0.15, 0.2) is 0 Å². The van der Waals surface area contributed by atoms with Crippen molar-refractivity contribution in [1.29, 1.82) is 0 Å². The first kappa shape index (κ1) is 43.3. The molecule has 0 saturated heterocycles. The molecule has 0 spiro atoms. The van der Waals surface area contributed by atoms with Crippen LogP contribution in [0.1, 0.15) is 6.42 Å². The minimum absolute atomic E-state index is 0. The molecule has 0 nitrogen and oxygen atoms in total. The Balaban J connectivity index is -0.0000000104. The van der Waals surface area contributed by atoms with E-state index >= 15 is 0 Å². The van der Waals surface area contributed by atoms with Crippen LogP contribution < -0.4 is 0 Å². The summed E-state index contributed by atoms with van der Waals surface area (Å²) < 4.78 is 0. The van der Waals surface area contributed by atoms with Gasteiger partial charge in [0.05, 0.1) is 0 Å². The monoisotopic (exact) mass is 246 g/mol. The summed E-state index contributed by atoms with van der Waals surface area (Å²) in [6.45, 7) is 0. The van der Waals surface area contributed by atoms with Crippen LogP contribution in [0.3, 0.4) is 0 Å². The van der Waals surface area contributed by atoms with Crippen molar-refractivity contribution in [3.05, 3.63) is 61.4 Å². The van der Waals surface area contributed by atoms with E-state index in [1.807, 2.05) is 12.2 Å².